The van der Waals surface area contributed by atoms with Crippen molar-refractivity contribution in [1.82, 2.24) is 29.0 Å². The van der Waals surface area contributed by atoms with E-state index in [1.165, 1.54) is 35.8 Å². The number of carbonyl (C=O) groups is 1. The number of fused-ring (bicyclic) bond motifs is 1. The maximum absolute atomic E-state index is 13.3. The van der Waals surface area contributed by atoms with Gasteiger partial charge in [0.2, 0.25) is 0 Å². The Hall–Kier alpha value is -3.19. The van der Waals surface area contributed by atoms with Gasteiger partial charge in [0.05, 0.1) is 12.1 Å². The number of nitrogens with zero attached hydrogens (tertiary/aromatic N) is 7. The normalized spacial score (nSPS) is 18.1. The van der Waals surface area contributed by atoms with Crippen LogP contribution >= 0.6 is 11.5 Å². The van der Waals surface area contributed by atoms with Crippen molar-refractivity contribution in [2.45, 2.75) is 44.2 Å². The fraction of sp³-hybridized carbons (Fsp3) is 0.400. The highest BCUT2D eigenvalue weighted by Gasteiger charge is 2.36. The number of benzene rings is 1. The largest absolute Gasteiger partial charge is 0.327 e. The Morgan fingerprint density at radius 1 is 1.23 bits per heavy atom. The lowest BCUT2D eigenvalue weighted by atomic mass is 10.0. The van der Waals surface area contributed by atoms with E-state index in [0.717, 1.165) is 23.7 Å². The van der Waals surface area contributed by atoms with Crippen LogP contribution in [0.2, 0.25) is 0 Å². The van der Waals surface area contributed by atoms with Crippen LogP contribution in [0, 0.1) is 17.1 Å². The Morgan fingerprint density at radius 3 is 2.77 bits per heavy atom. The number of nitriles is 1. The van der Waals surface area contributed by atoms with Crippen LogP contribution in [0.3, 0.4) is 0 Å². The predicted octanol–water partition coefficient (Wildman–Crippen LogP) is 3.31. The van der Waals surface area contributed by atoms with Crippen molar-refractivity contribution in [3.8, 4) is 16.9 Å². The van der Waals surface area contributed by atoms with Crippen molar-refractivity contribution in [1.29, 1.82) is 5.26 Å². The molecule has 1 aliphatic heterocycles. The highest BCUT2D eigenvalue weighted by atomic mass is 32.1. The zero-order chi connectivity index (χ0) is 20.7. The lowest BCUT2D eigenvalue weighted by Gasteiger charge is -2.35. The summed E-state index contributed by atoms with van der Waals surface area (Å²) in [6, 6.07) is 7.27. The molecule has 8 nitrogen and oxygen atoms in total. The van der Waals surface area contributed by atoms with Crippen LogP contribution < -0.4 is 0 Å². The quantitative estimate of drug-likeness (QED) is 0.624. The van der Waals surface area contributed by atoms with Crippen LogP contribution in [-0.4, -0.2) is 41.5 Å². The van der Waals surface area contributed by atoms with Gasteiger partial charge >= 0.3 is 0 Å². The molecule has 0 spiro atoms. The Bertz CT molecular complexity index is 1130. The van der Waals surface area contributed by atoms with E-state index in [2.05, 4.69) is 25.6 Å². The highest BCUT2D eigenvalue weighted by molar-refractivity contribution is 7.09. The molecule has 1 saturated carbocycles. The SMILES string of the molecule is N#CCCC1c2nnc(-c3nc(C4CC4)ns3)n2CCN1C(=O)c1ccc(F)cc1. The van der Waals surface area contributed by atoms with Crippen LogP contribution in [-0.2, 0) is 6.54 Å². The van der Waals surface area contributed by atoms with Gasteiger partial charge in [0, 0.05) is 31.0 Å². The van der Waals surface area contributed by atoms with E-state index in [1.54, 1.807) is 4.90 Å². The lowest BCUT2D eigenvalue weighted by Crippen LogP contribution is -2.42. The van der Waals surface area contributed by atoms with Crippen molar-refractivity contribution < 1.29 is 9.18 Å². The number of rotatable bonds is 5. The minimum absolute atomic E-state index is 0.208. The van der Waals surface area contributed by atoms with Gasteiger partial charge in [-0.1, -0.05) is 0 Å². The molecule has 1 amide bonds. The van der Waals surface area contributed by atoms with Crippen molar-refractivity contribution in [2.24, 2.45) is 0 Å². The Labute approximate surface area is 176 Å². The van der Waals surface area contributed by atoms with E-state index < -0.39 is 5.82 Å². The molecule has 3 aromatic rings. The number of halogens is 1. The van der Waals surface area contributed by atoms with E-state index in [1.807, 2.05) is 4.57 Å². The lowest BCUT2D eigenvalue weighted by molar-refractivity contribution is 0.0606. The molecule has 0 bridgehead atoms. The first-order valence-corrected chi connectivity index (χ1v) is 10.6. The molecule has 0 saturated heterocycles. The molecule has 152 valence electrons. The van der Waals surface area contributed by atoms with Crippen LogP contribution in [0.4, 0.5) is 4.39 Å². The molecule has 1 atom stereocenters. The molecular formula is C20H18FN7OS. The van der Waals surface area contributed by atoms with E-state index in [-0.39, 0.29) is 18.4 Å². The molecule has 30 heavy (non-hydrogen) atoms. The van der Waals surface area contributed by atoms with Gasteiger partial charge in [0.1, 0.15) is 11.6 Å². The molecule has 1 aliphatic carbocycles. The van der Waals surface area contributed by atoms with Crippen LogP contribution in [0.1, 0.15) is 59.6 Å². The van der Waals surface area contributed by atoms with Crippen molar-refractivity contribution in [2.75, 3.05) is 6.54 Å². The van der Waals surface area contributed by atoms with Crippen LogP contribution in [0.5, 0.6) is 0 Å². The highest BCUT2D eigenvalue weighted by Crippen LogP contribution is 2.40. The van der Waals surface area contributed by atoms with Crippen LogP contribution in [0.15, 0.2) is 24.3 Å². The fourth-order valence-electron chi connectivity index (χ4n) is 3.76. The summed E-state index contributed by atoms with van der Waals surface area (Å²) in [5.74, 6) is 2.04. The standard InChI is InChI=1S/C20H18FN7OS/c21-14-7-5-13(6-8-14)20(29)27-10-11-28-17(15(27)2-1-9-22)24-25-18(28)19-23-16(26-30-19)12-3-4-12/h5-8,12,15H,1-4,10-11H2. The molecule has 0 radical (unpaired) electrons. The summed E-state index contributed by atoms with van der Waals surface area (Å²) in [6.07, 6.45) is 2.99. The number of aromatic nitrogens is 5. The summed E-state index contributed by atoms with van der Waals surface area (Å²) >= 11 is 1.32. The van der Waals surface area contributed by atoms with E-state index in [9.17, 15) is 9.18 Å². The fourth-order valence-corrected chi connectivity index (χ4v) is 4.50. The second kappa shape index (κ2) is 7.57. The average molecular weight is 423 g/mol. The smallest absolute Gasteiger partial charge is 0.254 e. The number of hydrogen-bond donors (Lipinski definition) is 0. The summed E-state index contributed by atoms with van der Waals surface area (Å²) in [5.41, 5.74) is 0.407. The molecule has 1 aromatic carbocycles. The molecule has 1 fully saturated rings. The third-order valence-corrected chi connectivity index (χ3v) is 6.20. The minimum atomic E-state index is -0.391. The molecule has 0 N–H and O–H groups in total. The van der Waals surface area contributed by atoms with Crippen molar-refractivity contribution in [3.63, 3.8) is 0 Å². The molecular weight excluding hydrogens is 405 g/mol. The zero-order valence-electron chi connectivity index (χ0n) is 16.0. The third-order valence-electron chi connectivity index (χ3n) is 5.48. The summed E-state index contributed by atoms with van der Waals surface area (Å²) in [6.45, 7) is 0.963. The van der Waals surface area contributed by atoms with E-state index in [4.69, 9.17) is 5.26 Å². The average Bonchev–Trinajstić information content (AvgIpc) is 3.33. The van der Waals surface area contributed by atoms with Gasteiger partial charge in [-0.3, -0.25) is 4.79 Å². The van der Waals surface area contributed by atoms with E-state index in [0.29, 0.717) is 42.6 Å². The zero-order valence-corrected chi connectivity index (χ0v) is 16.8. The molecule has 2 aliphatic rings. The molecule has 2 aromatic heterocycles. The molecule has 10 heteroatoms. The Kier molecular flexibility index (Phi) is 4.75. The summed E-state index contributed by atoms with van der Waals surface area (Å²) in [5, 5.41) is 18.6. The minimum Gasteiger partial charge on any atom is -0.327 e. The number of hydrogen-bond acceptors (Lipinski definition) is 7. The summed E-state index contributed by atoms with van der Waals surface area (Å²) in [4.78, 5) is 19.4. The topological polar surface area (TPSA) is 101 Å². The molecule has 1 unspecified atom stereocenters. The Balaban J connectivity index is 1.47. The van der Waals surface area contributed by atoms with Gasteiger partial charge in [-0.2, -0.15) is 9.64 Å². The van der Waals surface area contributed by atoms with Gasteiger partial charge in [0.15, 0.2) is 16.7 Å². The maximum atomic E-state index is 13.3. The van der Waals surface area contributed by atoms with Gasteiger partial charge in [-0.15, -0.1) is 10.2 Å². The van der Waals surface area contributed by atoms with Gasteiger partial charge in [0.25, 0.3) is 5.91 Å². The van der Waals surface area contributed by atoms with Gasteiger partial charge in [-0.25, -0.2) is 9.37 Å². The summed E-state index contributed by atoms with van der Waals surface area (Å²) < 4.78 is 19.7. The first kappa shape index (κ1) is 18.8. The number of carbonyl (C=O) groups excluding carboxylic acids is 1. The first-order valence-electron chi connectivity index (χ1n) is 9.86. The third kappa shape index (κ3) is 3.35. The van der Waals surface area contributed by atoms with Gasteiger partial charge < -0.3 is 9.47 Å². The second-order valence-corrected chi connectivity index (χ2v) is 8.24. The number of amides is 1. The predicted molar refractivity (Wildman–Crippen MR) is 106 cm³/mol. The molecule has 3 heterocycles. The maximum Gasteiger partial charge on any atom is 0.254 e. The van der Waals surface area contributed by atoms with E-state index >= 15 is 0 Å². The molecule has 5 rings (SSSR count). The Morgan fingerprint density at radius 2 is 2.03 bits per heavy atom. The monoisotopic (exact) mass is 423 g/mol. The summed E-state index contributed by atoms with van der Waals surface area (Å²) in [7, 11) is 0. The first-order chi connectivity index (χ1) is 14.7. The van der Waals surface area contributed by atoms with Crippen molar-refractivity contribution >= 4 is 17.4 Å². The van der Waals surface area contributed by atoms with Gasteiger partial charge in [-0.05, 0) is 55.1 Å². The van der Waals surface area contributed by atoms with Crippen molar-refractivity contribution in [3.05, 3.63) is 47.3 Å². The van der Waals surface area contributed by atoms with Crippen LogP contribution in [0.25, 0.3) is 10.8 Å². The second-order valence-electron chi connectivity index (χ2n) is 7.48.